The molecular formula is C16H13ClN2O4S2. The summed E-state index contributed by atoms with van der Waals surface area (Å²) in [5, 5.41) is 3.09. The van der Waals surface area contributed by atoms with Gasteiger partial charge in [-0.2, -0.15) is 0 Å². The van der Waals surface area contributed by atoms with E-state index < -0.39 is 21.5 Å². The SMILES string of the molecule is COc1ccc(S(=O)(=O)CC(=O)Nc2ccc(Cl)c3ncsc23)cc1. The highest BCUT2D eigenvalue weighted by molar-refractivity contribution is 7.92. The maximum Gasteiger partial charge on any atom is 0.240 e. The van der Waals surface area contributed by atoms with Crippen molar-refractivity contribution in [2.75, 3.05) is 18.2 Å². The highest BCUT2D eigenvalue weighted by Crippen LogP contribution is 2.32. The Balaban J connectivity index is 1.79. The molecule has 0 unspecified atom stereocenters. The van der Waals surface area contributed by atoms with Crippen LogP contribution < -0.4 is 10.1 Å². The van der Waals surface area contributed by atoms with Crippen LogP contribution in [0.2, 0.25) is 5.02 Å². The normalized spacial score (nSPS) is 11.4. The Bertz CT molecular complexity index is 1030. The van der Waals surface area contributed by atoms with Crippen molar-refractivity contribution in [3.05, 3.63) is 46.9 Å². The van der Waals surface area contributed by atoms with Crippen molar-refractivity contribution >= 4 is 54.6 Å². The van der Waals surface area contributed by atoms with Gasteiger partial charge in [-0.05, 0) is 36.4 Å². The van der Waals surface area contributed by atoms with Gasteiger partial charge in [0.1, 0.15) is 17.0 Å². The molecule has 1 heterocycles. The monoisotopic (exact) mass is 396 g/mol. The van der Waals surface area contributed by atoms with E-state index >= 15 is 0 Å². The summed E-state index contributed by atoms with van der Waals surface area (Å²) >= 11 is 7.36. The van der Waals surface area contributed by atoms with E-state index in [4.69, 9.17) is 16.3 Å². The summed E-state index contributed by atoms with van der Waals surface area (Å²) in [6.45, 7) is 0. The van der Waals surface area contributed by atoms with Gasteiger partial charge < -0.3 is 10.1 Å². The van der Waals surface area contributed by atoms with E-state index in [0.717, 1.165) is 0 Å². The number of nitrogens with zero attached hydrogens (tertiary/aromatic N) is 1. The molecule has 0 spiro atoms. The van der Waals surface area contributed by atoms with Crippen molar-refractivity contribution in [2.45, 2.75) is 4.90 Å². The minimum absolute atomic E-state index is 0.0579. The molecule has 130 valence electrons. The van der Waals surface area contributed by atoms with Crippen LogP contribution in [-0.4, -0.2) is 32.2 Å². The molecule has 0 aliphatic heterocycles. The number of fused-ring (bicyclic) bond motifs is 1. The van der Waals surface area contributed by atoms with Crippen molar-refractivity contribution in [2.24, 2.45) is 0 Å². The van der Waals surface area contributed by atoms with Crippen LogP contribution in [0.5, 0.6) is 5.75 Å². The molecule has 0 aliphatic carbocycles. The van der Waals surface area contributed by atoms with Gasteiger partial charge in [0, 0.05) is 0 Å². The number of hydrogen-bond acceptors (Lipinski definition) is 6. The summed E-state index contributed by atoms with van der Waals surface area (Å²) in [6.07, 6.45) is 0. The quantitative estimate of drug-likeness (QED) is 0.714. The smallest absolute Gasteiger partial charge is 0.240 e. The minimum atomic E-state index is -3.76. The Labute approximate surface area is 153 Å². The molecule has 1 aromatic heterocycles. The minimum Gasteiger partial charge on any atom is -0.497 e. The first kappa shape index (κ1) is 17.7. The fourth-order valence-corrected chi connectivity index (χ4v) is 4.42. The lowest BCUT2D eigenvalue weighted by atomic mass is 10.3. The first-order valence-corrected chi connectivity index (χ1v) is 10.00. The number of aromatic nitrogens is 1. The first-order chi connectivity index (χ1) is 11.9. The molecule has 3 aromatic rings. The molecule has 0 fully saturated rings. The van der Waals surface area contributed by atoms with Crippen LogP contribution in [0.15, 0.2) is 46.8 Å². The number of nitrogens with one attached hydrogen (secondary N) is 1. The Kier molecular flexibility index (Phi) is 4.94. The van der Waals surface area contributed by atoms with E-state index in [1.807, 2.05) is 0 Å². The van der Waals surface area contributed by atoms with Crippen molar-refractivity contribution < 1.29 is 17.9 Å². The van der Waals surface area contributed by atoms with Crippen molar-refractivity contribution in [3.63, 3.8) is 0 Å². The molecule has 3 rings (SSSR count). The Morgan fingerprint density at radius 3 is 2.64 bits per heavy atom. The number of methoxy groups -OCH3 is 1. The number of rotatable bonds is 5. The maximum absolute atomic E-state index is 12.4. The third-order valence-corrected chi connectivity index (χ3v) is 6.25. The lowest BCUT2D eigenvalue weighted by molar-refractivity contribution is -0.113. The van der Waals surface area contributed by atoms with Crippen molar-refractivity contribution in [1.82, 2.24) is 4.98 Å². The van der Waals surface area contributed by atoms with E-state index in [2.05, 4.69) is 10.3 Å². The molecule has 2 aromatic carbocycles. The Hall–Kier alpha value is -2.16. The molecule has 0 saturated heterocycles. The van der Waals surface area contributed by atoms with Gasteiger partial charge >= 0.3 is 0 Å². The first-order valence-electron chi connectivity index (χ1n) is 7.09. The van der Waals surface area contributed by atoms with Crippen LogP contribution in [0.3, 0.4) is 0 Å². The average molecular weight is 397 g/mol. The van der Waals surface area contributed by atoms with Gasteiger partial charge in [0.2, 0.25) is 5.91 Å². The molecule has 0 saturated carbocycles. The van der Waals surface area contributed by atoms with Crippen molar-refractivity contribution in [3.8, 4) is 5.75 Å². The van der Waals surface area contributed by atoms with E-state index in [-0.39, 0.29) is 4.90 Å². The number of thiazole rings is 1. The van der Waals surface area contributed by atoms with Gasteiger partial charge in [0.25, 0.3) is 0 Å². The molecule has 0 atom stereocenters. The van der Waals surface area contributed by atoms with Gasteiger partial charge in [-0.3, -0.25) is 4.79 Å². The van der Waals surface area contributed by atoms with Gasteiger partial charge in [-0.1, -0.05) is 11.6 Å². The number of amides is 1. The standard InChI is InChI=1S/C16H13ClN2O4S2/c1-23-10-2-4-11(5-3-10)25(21,22)8-14(20)19-13-7-6-12(17)15-16(13)24-9-18-15/h2-7,9H,8H2,1H3,(H,19,20). The van der Waals surface area contributed by atoms with Crippen LogP contribution >= 0.6 is 22.9 Å². The van der Waals surface area contributed by atoms with Crippen molar-refractivity contribution in [1.29, 1.82) is 0 Å². The predicted octanol–water partition coefficient (Wildman–Crippen LogP) is 3.37. The number of halogens is 1. The van der Waals surface area contributed by atoms with Crippen LogP contribution in [0.1, 0.15) is 0 Å². The van der Waals surface area contributed by atoms with Gasteiger partial charge in [-0.25, -0.2) is 13.4 Å². The molecular weight excluding hydrogens is 384 g/mol. The zero-order valence-corrected chi connectivity index (χ0v) is 15.4. The summed E-state index contributed by atoms with van der Waals surface area (Å²) in [5.74, 6) is -0.757. The Morgan fingerprint density at radius 1 is 1.24 bits per heavy atom. The average Bonchev–Trinajstić information content (AvgIpc) is 3.08. The molecule has 0 radical (unpaired) electrons. The second-order valence-corrected chi connectivity index (χ2v) is 8.36. The third kappa shape index (κ3) is 3.76. The number of carbonyl (C=O) groups excluding carboxylic acids is 1. The summed E-state index contributed by atoms with van der Waals surface area (Å²) < 4.78 is 30.4. The number of carbonyl (C=O) groups is 1. The van der Waals surface area contributed by atoms with Crippen LogP contribution in [0.4, 0.5) is 5.69 Å². The summed E-state index contributed by atoms with van der Waals surface area (Å²) in [5.41, 5.74) is 2.67. The Morgan fingerprint density at radius 2 is 1.96 bits per heavy atom. The molecule has 0 bridgehead atoms. The lowest BCUT2D eigenvalue weighted by Gasteiger charge is -2.08. The highest BCUT2D eigenvalue weighted by Gasteiger charge is 2.20. The molecule has 1 amide bonds. The molecule has 9 heteroatoms. The van der Waals surface area contributed by atoms with Crippen LogP contribution in [-0.2, 0) is 14.6 Å². The van der Waals surface area contributed by atoms with Gasteiger partial charge in [-0.15, -0.1) is 11.3 Å². The molecule has 0 aliphatic rings. The number of ether oxygens (including phenoxy) is 1. The largest absolute Gasteiger partial charge is 0.497 e. The van der Waals surface area contributed by atoms with E-state index in [9.17, 15) is 13.2 Å². The zero-order valence-electron chi connectivity index (χ0n) is 13.0. The third-order valence-electron chi connectivity index (χ3n) is 3.45. The fraction of sp³-hybridized carbons (Fsp3) is 0.125. The van der Waals surface area contributed by atoms with Crippen LogP contribution in [0, 0.1) is 0 Å². The molecule has 6 nitrogen and oxygen atoms in total. The lowest BCUT2D eigenvalue weighted by Crippen LogP contribution is -2.23. The van der Waals surface area contributed by atoms with Gasteiger partial charge in [0.15, 0.2) is 9.84 Å². The second kappa shape index (κ2) is 6.99. The topological polar surface area (TPSA) is 85.4 Å². The molecule has 25 heavy (non-hydrogen) atoms. The number of sulfone groups is 1. The number of hydrogen-bond donors (Lipinski definition) is 1. The highest BCUT2D eigenvalue weighted by atomic mass is 35.5. The summed E-state index contributed by atoms with van der Waals surface area (Å²) in [6, 6.07) is 9.11. The summed E-state index contributed by atoms with van der Waals surface area (Å²) in [7, 11) is -2.27. The summed E-state index contributed by atoms with van der Waals surface area (Å²) in [4.78, 5) is 16.4. The number of anilines is 1. The van der Waals surface area contributed by atoms with Gasteiger partial charge in [0.05, 0.1) is 32.9 Å². The zero-order chi connectivity index (χ0) is 18.0. The fourth-order valence-electron chi connectivity index (χ4n) is 2.24. The van der Waals surface area contributed by atoms with E-state index in [1.54, 1.807) is 17.6 Å². The van der Waals surface area contributed by atoms with E-state index in [1.165, 1.54) is 42.7 Å². The second-order valence-electron chi connectivity index (χ2n) is 5.11. The van der Waals surface area contributed by atoms with Crippen LogP contribution in [0.25, 0.3) is 10.2 Å². The molecule has 1 N–H and O–H groups in total. The maximum atomic E-state index is 12.4. The number of benzene rings is 2. The van der Waals surface area contributed by atoms with E-state index in [0.29, 0.717) is 26.7 Å². The predicted molar refractivity (Wildman–Crippen MR) is 98.3 cm³/mol.